The molecule has 0 heterocycles. The number of amides is 2. The number of benzene rings is 1. The van der Waals surface area contributed by atoms with Crippen LogP contribution in [0.2, 0.25) is 0 Å². The van der Waals surface area contributed by atoms with Gasteiger partial charge in [0.05, 0.1) is 6.61 Å². The highest BCUT2D eigenvalue weighted by atomic mass is 35.5. The van der Waals surface area contributed by atoms with Crippen LogP contribution in [0.4, 0.5) is 0 Å². The SMILES string of the molecule is O=C(O)CCCC(=O)N[C@@H](CSCCOP(=O)(N(CCCl)CCCl)N(CCCl)CCCl)C(=O)N[C@@H](C(=O)O)c1ccccc1. The van der Waals surface area contributed by atoms with Gasteiger partial charge in [-0.1, -0.05) is 30.3 Å². The molecule has 0 aliphatic heterocycles. The zero-order valence-electron chi connectivity index (χ0n) is 24.0. The van der Waals surface area contributed by atoms with Gasteiger partial charge in [-0.25, -0.2) is 14.1 Å². The lowest BCUT2D eigenvalue weighted by atomic mass is 10.1. The predicted molar refractivity (Wildman–Crippen MR) is 175 cm³/mol. The molecule has 0 spiro atoms. The quantitative estimate of drug-likeness (QED) is 0.0649. The summed E-state index contributed by atoms with van der Waals surface area (Å²) in [4.78, 5) is 48.5. The minimum atomic E-state index is -3.64. The summed E-state index contributed by atoms with van der Waals surface area (Å²) in [5.74, 6) is -2.66. The predicted octanol–water partition coefficient (Wildman–Crippen LogP) is 4.09. The molecule has 0 unspecified atom stereocenters. The Morgan fingerprint density at radius 1 is 0.864 bits per heavy atom. The van der Waals surface area contributed by atoms with E-state index in [-0.39, 0.29) is 87.1 Å². The molecule has 2 amide bonds. The molecule has 0 saturated carbocycles. The molecule has 18 heteroatoms. The molecule has 0 saturated heterocycles. The number of nitrogens with one attached hydrogen (secondary N) is 2. The molecule has 0 aliphatic rings. The number of thioether (sulfide) groups is 1. The lowest BCUT2D eigenvalue weighted by molar-refractivity contribution is -0.142. The lowest BCUT2D eigenvalue weighted by Gasteiger charge is -2.37. The summed E-state index contributed by atoms with van der Waals surface area (Å²) in [7, 11) is -3.64. The van der Waals surface area contributed by atoms with Gasteiger partial charge < -0.3 is 25.4 Å². The average Bonchev–Trinajstić information content (AvgIpc) is 2.98. The van der Waals surface area contributed by atoms with E-state index in [1.165, 1.54) is 11.8 Å². The number of rotatable bonds is 25. The number of hydrogen-bond acceptors (Lipinski definition) is 7. The summed E-state index contributed by atoms with van der Waals surface area (Å²) in [5.41, 5.74) is 0.341. The zero-order chi connectivity index (χ0) is 33.0. The molecular formula is C26H39Cl4N4O8PS. The normalized spacial score (nSPS) is 13.0. The molecule has 0 bridgehead atoms. The average molecular weight is 740 g/mol. The monoisotopic (exact) mass is 738 g/mol. The van der Waals surface area contributed by atoms with Gasteiger partial charge in [-0.2, -0.15) is 11.8 Å². The molecule has 2 atom stereocenters. The van der Waals surface area contributed by atoms with Crippen molar-refractivity contribution in [1.29, 1.82) is 0 Å². The Bertz CT molecular complexity index is 1050. The van der Waals surface area contributed by atoms with E-state index in [0.717, 1.165) is 0 Å². The van der Waals surface area contributed by atoms with Crippen molar-refractivity contribution in [3.63, 3.8) is 0 Å². The van der Waals surface area contributed by atoms with Crippen LogP contribution in [-0.2, 0) is 28.3 Å². The van der Waals surface area contributed by atoms with Gasteiger partial charge in [0.2, 0.25) is 11.8 Å². The van der Waals surface area contributed by atoms with Crippen LogP contribution in [0.3, 0.4) is 0 Å². The molecule has 250 valence electrons. The van der Waals surface area contributed by atoms with Crippen molar-refractivity contribution >= 4 is 89.6 Å². The summed E-state index contributed by atoms with van der Waals surface area (Å²) in [6.45, 7) is 0.932. The fourth-order valence-corrected chi connectivity index (χ4v) is 8.58. The molecule has 0 aliphatic carbocycles. The summed E-state index contributed by atoms with van der Waals surface area (Å²) >= 11 is 25.0. The van der Waals surface area contributed by atoms with E-state index in [0.29, 0.717) is 5.56 Å². The highest BCUT2D eigenvalue weighted by Gasteiger charge is 2.38. The van der Waals surface area contributed by atoms with E-state index in [4.69, 9.17) is 56.0 Å². The van der Waals surface area contributed by atoms with Crippen molar-refractivity contribution in [1.82, 2.24) is 20.0 Å². The Morgan fingerprint density at radius 3 is 1.89 bits per heavy atom. The second-order valence-electron chi connectivity index (χ2n) is 9.12. The van der Waals surface area contributed by atoms with Crippen LogP contribution in [0.25, 0.3) is 0 Å². The maximum atomic E-state index is 14.2. The number of aliphatic carboxylic acids is 2. The van der Waals surface area contributed by atoms with Gasteiger partial charge in [0.1, 0.15) is 6.04 Å². The Balaban J connectivity index is 3.01. The van der Waals surface area contributed by atoms with Gasteiger partial charge in [0.15, 0.2) is 6.04 Å². The van der Waals surface area contributed by atoms with Crippen LogP contribution in [0.15, 0.2) is 30.3 Å². The zero-order valence-corrected chi connectivity index (χ0v) is 28.8. The molecule has 0 aromatic heterocycles. The molecule has 1 rings (SSSR count). The number of hydrogen-bond donors (Lipinski definition) is 4. The fraction of sp³-hybridized carbons (Fsp3) is 0.615. The van der Waals surface area contributed by atoms with E-state index >= 15 is 0 Å². The highest BCUT2D eigenvalue weighted by molar-refractivity contribution is 7.99. The van der Waals surface area contributed by atoms with Crippen molar-refractivity contribution in [2.45, 2.75) is 31.3 Å². The van der Waals surface area contributed by atoms with Crippen molar-refractivity contribution in [3.8, 4) is 0 Å². The number of halogens is 4. The molecule has 0 radical (unpaired) electrons. The number of carbonyl (C=O) groups excluding carboxylic acids is 2. The standard InChI is InChI=1S/C26H39Cl4N4O8PS/c27-9-13-33(14-10-28)43(41,34(15-11-29)16-12-30)42-17-18-44-19-21(31-22(35)7-4-8-23(36)37)25(38)32-24(26(39)40)20-5-2-1-3-6-20/h1-3,5-6,21,24H,4,7-19H2,(H,31,35)(H,32,38)(H,36,37)(H,39,40)/t21-,24+/m0/s1. The number of alkyl halides is 4. The van der Waals surface area contributed by atoms with Crippen molar-refractivity contribution in [2.24, 2.45) is 0 Å². The molecule has 4 N–H and O–H groups in total. The molecule has 1 aromatic carbocycles. The summed E-state index contributed by atoms with van der Waals surface area (Å²) in [5, 5.41) is 23.6. The van der Waals surface area contributed by atoms with Gasteiger partial charge >= 0.3 is 19.6 Å². The first-order chi connectivity index (χ1) is 21.0. The van der Waals surface area contributed by atoms with Gasteiger partial charge in [-0.3, -0.25) is 18.9 Å². The van der Waals surface area contributed by atoms with Gasteiger partial charge in [-0.15, -0.1) is 46.4 Å². The smallest absolute Gasteiger partial charge is 0.346 e. The van der Waals surface area contributed by atoms with Gasteiger partial charge in [-0.05, 0) is 12.0 Å². The third-order valence-electron chi connectivity index (χ3n) is 5.97. The summed E-state index contributed by atoms with van der Waals surface area (Å²) in [6.07, 6.45) is -0.293. The number of carbonyl (C=O) groups is 4. The van der Waals surface area contributed by atoms with Crippen LogP contribution in [0.5, 0.6) is 0 Å². The second kappa shape index (κ2) is 23.1. The minimum absolute atomic E-state index is 0.0193. The maximum absolute atomic E-state index is 14.2. The molecule has 1 aromatic rings. The summed E-state index contributed by atoms with van der Waals surface area (Å²) in [6, 6.07) is 5.57. The van der Waals surface area contributed by atoms with Crippen LogP contribution in [0, 0.1) is 0 Å². The second-order valence-corrected chi connectivity index (χ2v) is 14.2. The molecular weight excluding hydrogens is 701 g/mol. The Hall–Kier alpha value is -1.28. The van der Waals surface area contributed by atoms with Gasteiger partial charge in [0, 0.05) is 74.0 Å². The van der Waals surface area contributed by atoms with E-state index < -0.39 is 43.5 Å². The number of carboxylic acids is 2. The number of nitrogens with zero attached hydrogens (tertiary/aromatic N) is 2. The lowest BCUT2D eigenvalue weighted by Crippen LogP contribution is -2.50. The highest BCUT2D eigenvalue weighted by Crippen LogP contribution is 2.54. The first-order valence-electron chi connectivity index (χ1n) is 13.7. The third-order valence-corrected chi connectivity index (χ3v) is 10.4. The van der Waals surface area contributed by atoms with E-state index in [2.05, 4.69) is 10.6 Å². The molecule has 44 heavy (non-hydrogen) atoms. The van der Waals surface area contributed by atoms with Crippen molar-refractivity contribution in [3.05, 3.63) is 35.9 Å². The number of carboxylic acid groups (broad SMARTS) is 2. The maximum Gasteiger partial charge on any atom is 0.346 e. The van der Waals surface area contributed by atoms with Crippen LogP contribution in [-0.4, -0.2) is 117 Å². The first-order valence-corrected chi connectivity index (χ1v) is 18.5. The third kappa shape index (κ3) is 14.9. The molecule has 12 nitrogen and oxygen atoms in total. The topological polar surface area (TPSA) is 166 Å². The Labute approximate surface area is 282 Å². The van der Waals surface area contributed by atoms with Gasteiger partial charge in [0.25, 0.3) is 0 Å². The summed E-state index contributed by atoms with van der Waals surface area (Å²) < 4.78 is 23.2. The fourth-order valence-electron chi connectivity index (χ4n) is 3.90. The molecule has 0 fully saturated rings. The van der Waals surface area contributed by atoms with E-state index in [1.807, 2.05) is 0 Å². The van der Waals surface area contributed by atoms with Crippen molar-refractivity contribution < 1.29 is 38.5 Å². The van der Waals surface area contributed by atoms with Crippen LogP contribution >= 0.6 is 65.8 Å². The van der Waals surface area contributed by atoms with E-state index in [1.54, 1.807) is 39.7 Å². The van der Waals surface area contributed by atoms with Crippen molar-refractivity contribution in [2.75, 3.05) is 67.8 Å². The van der Waals surface area contributed by atoms with Crippen LogP contribution in [0.1, 0.15) is 30.9 Å². The van der Waals surface area contributed by atoms with E-state index in [9.17, 15) is 28.8 Å². The largest absolute Gasteiger partial charge is 0.481 e. The first kappa shape index (κ1) is 40.7. The Kier molecular flexibility index (Phi) is 21.4. The minimum Gasteiger partial charge on any atom is -0.481 e. The Morgan fingerprint density at radius 2 is 1.41 bits per heavy atom. The van der Waals surface area contributed by atoms with Crippen LogP contribution < -0.4 is 10.6 Å².